The molecule has 4 atom stereocenters. The van der Waals surface area contributed by atoms with E-state index in [1.54, 1.807) is 30.3 Å². The molecular weight excluding hydrogens is 450 g/mol. The Hall–Kier alpha value is -4.00. The number of carbonyl (C=O) groups excluding carboxylic acids is 4. The number of amides is 4. The number of carbonyl (C=O) groups is 6. The van der Waals surface area contributed by atoms with E-state index >= 15 is 0 Å². The second-order valence-electron chi connectivity index (χ2n) is 7.59. The van der Waals surface area contributed by atoms with Gasteiger partial charge in [0, 0.05) is 12.8 Å². The summed E-state index contributed by atoms with van der Waals surface area (Å²) in [5.74, 6) is -5.88. The first-order chi connectivity index (χ1) is 15.9. The van der Waals surface area contributed by atoms with E-state index < -0.39 is 66.2 Å². The minimum atomic E-state index is -1.42. The SMILES string of the molecule is CC(NC(=O)C(N)CC(=O)O)C(=O)NC(Cc1ccccc1)C(=O)NC(CCC(N)=O)C(=O)O. The third kappa shape index (κ3) is 10.1. The lowest BCUT2D eigenvalue weighted by atomic mass is 10.0. The van der Waals surface area contributed by atoms with Crippen LogP contribution in [0.3, 0.4) is 0 Å². The van der Waals surface area contributed by atoms with Crippen LogP contribution in [0.15, 0.2) is 30.3 Å². The van der Waals surface area contributed by atoms with Crippen molar-refractivity contribution in [3.8, 4) is 0 Å². The molecule has 0 saturated carbocycles. The van der Waals surface area contributed by atoms with Crippen molar-refractivity contribution in [3.05, 3.63) is 35.9 Å². The Balaban J connectivity index is 2.94. The van der Waals surface area contributed by atoms with Crippen molar-refractivity contribution in [1.29, 1.82) is 0 Å². The minimum Gasteiger partial charge on any atom is -0.481 e. The van der Waals surface area contributed by atoms with E-state index in [2.05, 4.69) is 16.0 Å². The summed E-state index contributed by atoms with van der Waals surface area (Å²) in [6, 6.07) is 3.38. The molecule has 186 valence electrons. The molecule has 0 aliphatic rings. The van der Waals surface area contributed by atoms with E-state index in [4.69, 9.17) is 16.6 Å². The summed E-state index contributed by atoms with van der Waals surface area (Å²) < 4.78 is 0. The molecular formula is C21H29N5O8. The summed E-state index contributed by atoms with van der Waals surface area (Å²) in [7, 11) is 0. The monoisotopic (exact) mass is 479 g/mol. The molecule has 9 N–H and O–H groups in total. The number of benzene rings is 1. The van der Waals surface area contributed by atoms with Gasteiger partial charge in [-0.3, -0.25) is 24.0 Å². The Kier molecular flexibility index (Phi) is 11.2. The highest BCUT2D eigenvalue weighted by molar-refractivity contribution is 5.94. The third-order valence-electron chi connectivity index (χ3n) is 4.69. The average molecular weight is 479 g/mol. The van der Waals surface area contributed by atoms with Crippen LogP contribution in [0.2, 0.25) is 0 Å². The number of hydrogen-bond acceptors (Lipinski definition) is 7. The Morgan fingerprint density at radius 3 is 2.00 bits per heavy atom. The van der Waals surface area contributed by atoms with Gasteiger partial charge in [-0.1, -0.05) is 30.3 Å². The van der Waals surface area contributed by atoms with E-state index in [1.165, 1.54) is 6.92 Å². The van der Waals surface area contributed by atoms with Crippen LogP contribution in [-0.2, 0) is 35.2 Å². The molecule has 0 aliphatic carbocycles. The molecule has 0 aromatic heterocycles. The highest BCUT2D eigenvalue weighted by Gasteiger charge is 2.29. The molecule has 1 rings (SSSR count). The Labute approximate surface area is 195 Å². The number of carboxylic acid groups (broad SMARTS) is 2. The van der Waals surface area contributed by atoms with Gasteiger partial charge in [0.1, 0.15) is 18.1 Å². The van der Waals surface area contributed by atoms with E-state index in [1.807, 2.05) is 0 Å². The maximum atomic E-state index is 12.8. The molecule has 0 fully saturated rings. The molecule has 0 spiro atoms. The fourth-order valence-electron chi connectivity index (χ4n) is 2.84. The molecule has 0 heterocycles. The summed E-state index contributed by atoms with van der Waals surface area (Å²) in [5, 5.41) is 25.1. The first kappa shape index (κ1) is 28.0. The largest absolute Gasteiger partial charge is 0.481 e. The van der Waals surface area contributed by atoms with Crippen LogP contribution >= 0.6 is 0 Å². The lowest BCUT2D eigenvalue weighted by Gasteiger charge is -2.23. The minimum absolute atomic E-state index is 0.000232. The maximum Gasteiger partial charge on any atom is 0.326 e. The lowest BCUT2D eigenvalue weighted by molar-refractivity contribution is -0.142. The first-order valence-electron chi connectivity index (χ1n) is 10.3. The van der Waals surface area contributed by atoms with Crippen molar-refractivity contribution in [2.45, 2.75) is 56.8 Å². The van der Waals surface area contributed by atoms with Crippen molar-refractivity contribution < 1.29 is 39.0 Å². The fourth-order valence-corrected chi connectivity index (χ4v) is 2.84. The molecule has 34 heavy (non-hydrogen) atoms. The van der Waals surface area contributed by atoms with Crippen LogP contribution in [0.1, 0.15) is 31.7 Å². The fraction of sp³-hybridized carbons (Fsp3) is 0.429. The highest BCUT2D eigenvalue weighted by atomic mass is 16.4. The zero-order valence-electron chi connectivity index (χ0n) is 18.5. The zero-order chi connectivity index (χ0) is 25.8. The third-order valence-corrected chi connectivity index (χ3v) is 4.69. The Morgan fingerprint density at radius 1 is 0.882 bits per heavy atom. The summed E-state index contributed by atoms with van der Waals surface area (Å²) in [6.07, 6.45) is -1.15. The summed E-state index contributed by atoms with van der Waals surface area (Å²) in [4.78, 5) is 70.6. The number of nitrogens with one attached hydrogen (secondary N) is 3. The molecule has 0 saturated heterocycles. The Bertz CT molecular complexity index is 908. The number of hydrogen-bond donors (Lipinski definition) is 7. The van der Waals surface area contributed by atoms with Crippen LogP contribution in [0, 0.1) is 0 Å². The number of carboxylic acids is 2. The van der Waals surface area contributed by atoms with Gasteiger partial charge in [-0.15, -0.1) is 0 Å². The van der Waals surface area contributed by atoms with Gasteiger partial charge in [0.05, 0.1) is 12.5 Å². The highest BCUT2D eigenvalue weighted by Crippen LogP contribution is 2.06. The second kappa shape index (κ2) is 13.5. The predicted molar refractivity (Wildman–Crippen MR) is 118 cm³/mol. The molecule has 1 aromatic rings. The van der Waals surface area contributed by atoms with Crippen molar-refractivity contribution >= 4 is 35.6 Å². The molecule has 4 amide bonds. The van der Waals surface area contributed by atoms with Gasteiger partial charge < -0.3 is 37.6 Å². The van der Waals surface area contributed by atoms with Gasteiger partial charge in [0.25, 0.3) is 0 Å². The van der Waals surface area contributed by atoms with Crippen LogP contribution < -0.4 is 27.4 Å². The normalized spacial score (nSPS) is 14.1. The van der Waals surface area contributed by atoms with Crippen molar-refractivity contribution in [2.24, 2.45) is 11.5 Å². The van der Waals surface area contributed by atoms with E-state index in [0.29, 0.717) is 5.56 Å². The number of primary amides is 1. The smallest absolute Gasteiger partial charge is 0.326 e. The molecule has 0 radical (unpaired) electrons. The molecule has 1 aromatic carbocycles. The van der Waals surface area contributed by atoms with E-state index in [0.717, 1.165) is 0 Å². The first-order valence-corrected chi connectivity index (χ1v) is 10.3. The topological polar surface area (TPSA) is 231 Å². The van der Waals surface area contributed by atoms with Crippen LogP contribution in [0.5, 0.6) is 0 Å². The van der Waals surface area contributed by atoms with Crippen LogP contribution in [0.4, 0.5) is 0 Å². The number of rotatable bonds is 14. The van der Waals surface area contributed by atoms with Gasteiger partial charge in [-0.05, 0) is 18.9 Å². The Morgan fingerprint density at radius 2 is 1.47 bits per heavy atom. The van der Waals surface area contributed by atoms with E-state index in [9.17, 15) is 33.9 Å². The molecule has 0 aliphatic heterocycles. The quantitative estimate of drug-likeness (QED) is 0.154. The lowest BCUT2D eigenvalue weighted by Crippen LogP contribution is -2.57. The summed E-state index contributed by atoms with van der Waals surface area (Å²) >= 11 is 0. The maximum absolute atomic E-state index is 12.8. The number of aliphatic carboxylic acids is 2. The molecule has 0 bridgehead atoms. The van der Waals surface area contributed by atoms with Gasteiger partial charge >= 0.3 is 11.9 Å². The number of nitrogens with two attached hydrogens (primary N) is 2. The zero-order valence-corrected chi connectivity index (χ0v) is 18.5. The summed E-state index contributed by atoms with van der Waals surface area (Å²) in [5.41, 5.74) is 11.2. The van der Waals surface area contributed by atoms with Crippen LogP contribution in [-0.4, -0.2) is 69.9 Å². The van der Waals surface area contributed by atoms with Crippen LogP contribution in [0.25, 0.3) is 0 Å². The van der Waals surface area contributed by atoms with Gasteiger partial charge in [0.2, 0.25) is 23.6 Å². The average Bonchev–Trinajstić information content (AvgIpc) is 2.75. The van der Waals surface area contributed by atoms with Gasteiger partial charge in [0.15, 0.2) is 0 Å². The standard InChI is InChI=1S/C21H29N5O8/c1-11(24-19(31)13(22)10-17(28)29)18(30)26-15(9-12-5-3-2-4-6-12)20(32)25-14(21(33)34)7-8-16(23)27/h2-6,11,13-15H,7-10,22H2,1H3,(H2,23,27)(H,24,31)(H,25,32)(H,26,30)(H,28,29)(H,33,34). The van der Waals surface area contributed by atoms with E-state index in [-0.39, 0.29) is 19.3 Å². The second-order valence-corrected chi connectivity index (χ2v) is 7.59. The van der Waals surface area contributed by atoms with Crippen molar-refractivity contribution in [3.63, 3.8) is 0 Å². The summed E-state index contributed by atoms with van der Waals surface area (Å²) in [6.45, 7) is 1.31. The molecule has 13 heteroatoms. The van der Waals surface area contributed by atoms with Crippen molar-refractivity contribution in [2.75, 3.05) is 0 Å². The molecule has 13 nitrogen and oxygen atoms in total. The van der Waals surface area contributed by atoms with Gasteiger partial charge in [-0.25, -0.2) is 4.79 Å². The predicted octanol–water partition coefficient (Wildman–Crippen LogP) is -2.14. The van der Waals surface area contributed by atoms with Gasteiger partial charge in [-0.2, -0.15) is 0 Å². The van der Waals surface area contributed by atoms with Crippen molar-refractivity contribution in [1.82, 2.24) is 16.0 Å². The molecule has 4 unspecified atom stereocenters.